The molecule has 0 bridgehead atoms. The highest BCUT2D eigenvalue weighted by atomic mass is 32.2. The maximum absolute atomic E-state index is 12.2. The highest BCUT2D eigenvalue weighted by molar-refractivity contribution is 8.00. The fraction of sp³-hybridized carbons (Fsp3) is 0.312. The second-order valence-corrected chi connectivity index (χ2v) is 7.38. The summed E-state index contributed by atoms with van der Waals surface area (Å²) in [5.41, 5.74) is 1.50. The number of esters is 1. The summed E-state index contributed by atoms with van der Waals surface area (Å²) in [5, 5.41) is 9.09. The normalized spacial score (nSPS) is 10.9. The van der Waals surface area contributed by atoms with Crippen LogP contribution in [0, 0.1) is 6.92 Å². The molecule has 0 aromatic carbocycles. The molecule has 26 heavy (non-hydrogen) atoms. The molecule has 0 aliphatic rings. The molecular weight excluding hydrogens is 374 g/mol. The number of thiophene rings is 1. The van der Waals surface area contributed by atoms with Gasteiger partial charge in [0.1, 0.15) is 16.2 Å². The summed E-state index contributed by atoms with van der Waals surface area (Å²) >= 11 is 2.52. The van der Waals surface area contributed by atoms with E-state index in [9.17, 15) is 9.59 Å². The molecule has 3 aromatic heterocycles. The van der Waals surface area contributed by atoms with Crippen molar-refractivity contribution in [2.45, 2.75) is 18.9 Å². The second kappa shape index (κ2) is 7.83. The second-order valence-electron chi connectivity index (χ2n) is 5.36. The summed E-state index contributed by atoms with van der Waals surface area (Å²) in [6, 6.07) is 1.77. The van der Waals surface area contributed by atoms with Crippen LogP contribution in [0.4, 0.5) is 5.00 Å². The SMILES string of the molecule is CCOC(=O)c1sc(NC(=O)CSc2ncnc3c2cnn3C)cc1C. The third kappa shape index (κ3) is 3.86. The predicted molar refractivity (Wildman–Crippen MR) is 101 cm³/mol. The molecule has 8 nitrogen and oxygen atoms in total. The average Bonchev–Trinajstić information content (AvgIpc) is 3.16. The van der Waals surface area contributed by atoms with Crippen LogP contribution in [0.25, 0.3) is 11.0 Å². The van der Waals surface area contributed by atoms with E-state index < -0.39 is 0 Å². The molecule has 0 radical (unpaired) electrons. The van der Waals surface area contributed by atoms with Crippen LogP contribution in [0.5, 0.6) is 0 Å². The van der Waals surface area contributed by atoms with Gasteiger partial charge in [0.05, 0.1) is 28.9 Å². The fourth-order valence-corrected chi connectivity index (χ4v) is 4.05. The van der Waals surface area contributed by atoms with E-state index >= 15 is 0 Å². The fourth-order valence-electron chi connectivity index (χ4n) is 2.31. The van der Waals surface area contributed by atoms with Gasteiger partial charge in [0.15, 0.2) is 5.65 Å². The Bertz CT molecular complexity index is 966. The molecule has 10 heteroatoms. The highest BCUT2D eigenvalue weighted by Crippen LogP contribution is 2.28. The smallest absolute Gasteiger partial charge is 0.348 e. The number of aromatic nitrogens is 4. The van der Waals surface area contributed by atoms with Crippen molar-refractivity contribution < 1.29 is 14.3 Å². The third-order valence-electron chi connectivity index (χ3n) is 3.47. The van der Waals surface area contributed by atoms with E-state index in [-0.39, 0.29) is 17.6 Å². The Hall–Kier alpha value is -2.46. The van der Waals surface area contributed by atoms with Crippen molar-refractivity contribution in [3.05, 3.63) is 29.0 Å². The molecule has 3 rings (SSSR count). The van der Waals surface area contributed by atoms with E-state index in [1.807, 2.05) is 6.92 Å². The molecule has 0 spiro atoms. The van der Waals surface area contributed by atoms with Gasteiger partial charge in [-0.25, -0.2) is 14.8 Å². The molecule has 1 N–H and O–H groups in total. The van der Waals surface area contributed by atoms with Crippen molar-refractivity contribution in [3.63, 3.8) is 0 Å². The third-order valence-corrected chi connectivity index (χ3v) is 5.61. The molecule has 136 valence electrons. The summed E-state index contributed by atoms with van der Waals surface area (Å²) in [6.07, 6.45) is 3.14. The number of aryl methyl sites for hydroxylation is 2. The van der Waals surface area contributed by atoms with Gasteiger partial charge >= 0.3 is 5.97 Å². The Kier molecular flexibility index (Phi) is 5.52. The molecule has 0 aliphatic carbocycles. The highest BCUT2D eigenvalue weighted by Gasteiger charge is 2.16. The van der Waals surface area contributed by atoms with Gasteiger partial charge in [0.25, 0.3) is 0 Å². The molecule has 0 saturated heterocycles. The zero-order chi connectivity index (χ0) is 18.7. The van der Waals surface area contributed by atoms with Gasteiger partial charge in [-0.3, -0.25) is 9.48 Å². The molecule has 0 aliphatic heterocycles. The molecule has 0 saturated carbocycles. The maximum atomic E-state index is 12.2. The van der Waals surface area contributed by atoms with Crippen molar-refractivity contribution in [2.75, 3.05) is 17.7 Å². The van der Waals surface area contributed by atoms with Crippen LogP contribution in [0.1, 0.15) is 22.2 Å². The van der Waals surface area contributed by atoms with Crippen molar-refractivity contribution in [1.82, 2.24) is 19.7 Å². The summed E-state index contributed by atoms with van der Waals surface area (Å²) < 4.78 is 6.67. The number of hydrogen-bond acceptors (Lipinski definition) is 8. The van der Waals surface area contributed by atoms with Gasteiger partial charge < -0.3 is 10.1 Å². The number of anilines is 1. The lowest BCUT2D eigenvalue weighted by Gasteiger charge is -2.03. The van der Waals surface area contributed by atoms with Crippen LogP contribution in [-0.2, 0) is 16.6 Å². The zero-order valence-electron chi connectivity index (χ0n) is 14.5. The van der Waals surface area contributed by atoms with Gasteiger partial charge in [0.2, 0.25) is 5.91 Å². The Morgan fingerprint density at radius 2 is 2.19 bits per heavy atom. The van der Waals surface area contributed by atoms with Crippen LogP contribution in [-0.4, -0.2) is 44.0 Å². The molecule has 3 heterocycles. The summed E-state index contributed by atoms with van der Waals surface area (Å²) in [5.74, 6) is -0.362. The Morgan fingerprint density at radius 1 is 1.38 bits per heavy atom. The lowest BCUT2D eigenvalue weighted by Crippen LogP contribution is -2.13. The number of ether oxygens (including phenoxy) is 1. The number of amides is 1. The minimum atomic E-state index is -0.371. The Labute approximate surface area is 158 Å². The van der Waals surface area contributed by atoms with Gasteiger partial charge in [-0.05, 0) is 25.5 Å². The number of fused-ring (bicyclic) bond motifs is 1. The average molecular weight is 391 g/mol. The van der Waals surface area contributed by atoms with E-state index in [4.69, 9.17) is 4.74 Å². The van der Waals surface area contributed by atoms with E-state index in [0.29, 0.717) is 21.5 Å². The topological polar surface area (TPSA) is 99.0 Å². The summed E-state index contributed by atoms with van der Waals surface area (Å²) in [6.45, 7) is 3.89. The standard InChI is InChI=1S/C16H17N5O3S2/c1-4-24-16(23)13-9(2)5-12(26-13)20-11(22)7-25-15-10-6-19-21(3)14(10)17-8-18-15/h5-6,8H,4,7H2,1-3H3,(H,20,22). The number of rotatable bonds is 6. The largest absolute Gasteiger partial charge is 0.462 e. The number of nitrogens with zero attached hydrogens (tertiary/aromatic N) is 4. The minimum absolute atomic E-state index is 0.178. The summed E-state index contributed by atoms with van der Waals surface area (Å²) in [7, 11) is 1.80. The van der Waals surface area contributed by atoms with Gasteiger partial charge in [-0.1, -0.05) is 11.8 Å². The molecule has 3 aromatic rings. The lowest BCUT2D eigenvalue weighted by atomic mass is 10.3. The first-order valence-corrected chi connectivity index (χ1v) is 9.62. The molecule has 0 atom stereocenters. The van der Waals surface area contributed by atoms with E-state index in [0.717, 1.165) is 16.6 Å². The first-order chi connectivity index (χ1) is 12.5. The molecular formula is C16H17N5O3S2. The summed E-state index contributed by atoms with van der Waals surface area (Å²) in [4.78, 5) is 33.0. The Morgan fingerprint density at radius 3 is 2.96 bits per heavy atom. The van der Waals surface area contributed by atoms with Crippen LogP contribution in [0.2, 0.25) is 0 Å². The number of nitrogens with one attached hydrogen (secondary N) is 1. The first kappa shape index (κ1) is 18.3. The van der Waals surface area contributed by atoms with Crippen molar-refractivity contribution in [3.8, 4) is 0 Å². The monoisotopic (exact) mass is 391 g/mol. The number of thioether (sulfide) groups is 1. The lowest BCUT2D eigenvalue weighted by molar-refractivity contribution is -0.113. The van der Waals surface area contributed by atoms with Gasteiger partial charge in [-0.2, -0.15) is 5.10 Å². The van der Waals surface area contributed by atoms with Crippen LogP contribution in [0.15, 0.2) is 23.6 Å². The van der Waals surface area contributed by atoms with Crippen molar-refractivity contribution >= 4 is 51.0 Å². The quantitative estimate of drug-likeness (QED) is 0.392. The molecule has 1 amide bonds. The van der Waals surface area contributed by atoms with E-state index in [2.05, 4.69) is 20.4 Å². The predicted octanol–water partition coefficient (Wildman–Crippen LogP) is 2.64. The van der Waals surface area contributed by atoms with Crippen LogP contribution >= 0.6 is 23.1 Å². The van der Waals surface area contributed by atoms with Crippen molar-refractivity contribution in [1.29, 1.82) is 0 Å². The van der Waals surface area contributed by atoms with E-state index in [1.165, 1.54) is 29.4 Å². The van der Waals surface area contributed by atoms with Crippen LogP contribution in [0.3, 0.4) is 0 Å². The number of hydrogen-bond donors (Lipinski definition) is 1. The minimum Gasteiger partial charge on any atom is -0.462 e. The number of carbonyl (C=O) groups excluding carboxylic acids is 2. The first-order valence-electron chi connectivity index (χ1n) is 7.82. The van der Waals surface area contributed by atoms with Crippen LogP contribution < -0.4 is 5.32 Å². The van der Waals surface area contributed by atoms with Gasteiger partial charge in [-0.15, -0.1) is 11.3 Å². The maximum Gasteiger partial charge on any atom is 0.348 e. The van der Waals surface area contributed by atoms with Crippen molar-refractivity contribution in [2.24, 2.45) is 7.05 Å². The number of carbonyl (C=O) groups is 2. The Balaban J connectivity index is 1.64. The molecule has 0 fully saturated rings. The van der Waals surface area contributed by atoms with E-state index in [1.54, 1.807) is 30.9 Å². The molecule has 0 unspecified atom stereocenters. The zero-order valence-corrected chi connectivity index (χ0v) is 16.1. The van der Waals surface area contributed by atoms with Gasteiger partial charge in [0, 0.05) is 7.05 Å².